The molecule has 0 aliphatic heterocycles. The Balaban J connectivity index is 1.95. The van der Waals surface area contributed by atoms with Crippen LogP contribution < -0.4 is 10.2 Å². The lowest BCUT2D eigenvalue weighted by Gasteiger charge is -2.13. The van der Waals surface area contributed by atoms with Crippen LogP contribution in [0.25, 0.3) is 0 Å². The van der Waals surface area contributed by atoms with Crippen LogP contribution in [0.3, 0.4) is 0 Å². The van der Waals surface area contributed by atoms with Crippen molar-refractivity contribution in [2.24, 2.45) is 0 Å². The summed E-state index contributed by atoms with van der Waals surface area (Å²) in [6.07, 6.45) is 1.69. The molecule has 16 heavy (non-hydrogen) atoms. The summed E-state index contributed by atoms with van der Waals surface area (Å²) in [6, 6.07) is 12.2. The van der Waals surface area contributed by atoms with Gasteiger partial charge in [0.1, 0.15) is 5.76 Å². The average molecular weight is 216 g/mol. The molecule has 2 rings (SSSR count). The molecule has 0 aliphatic rings. The number of furan rings is 1. The van der Waals surface area contributed by atoms with Crippen LogP contribution in [0.15, 0.2) is 47.1 Å². The van der Waals surface area contributed by atoms with E-state index in [1.165, 1.54) is 5.69 Å². The lowest BCUT2D eigenvalue weighted by Crippen LogP contribution is -2.08. The zero-order valence-electron chi connectivity index (χ0n) is 9.60. The van der Waals surface area contributed by atoms with Gasteiger partial charge in [0.15, 0.2) is 0 Å². The van der Waals surface area contributed by atoms with Gasteiger partial charge >= 0.3 is 0 Å². The van der Waals surface area contributed by atoms with Gasteiger partial charge in [-0.1, -0.05) is 0 Å². The number of nitrogens with one attached hydrogen (secondary N) is 1. The van der Waals surface area contributed by atoms with Crippen LogP contribution in [-0.2, 0) is 6.54 Å². The first-order valence-corrected chi connectivity index (χ1v) is 5.29. The molecule has 0 bridgehead atoms. The second-order valence-corrected chi connectivity index (χ2v) is 3.87. The Labute approximate surface area is 95.7 Å². The zero-order chi connectivity index (χ0) is 11.4. The number of rotatable bonds is 4. The number of anilines is 2. The molecule has 1 aromatic heterocycles. The molecule has 0 aliphatic carbocycles. The lowest BCUT2D eigenvalue weighted by atomic mass is 10.2. The van der Waals surface area contributed by atoms with Crippen molar-refractivity contribution in [2.45, 2.75) is 6.54 Å². The third-order valence-corrected chi connectivity index (χ3v) is 2.43. The highest BCUT2D eigenvalue weighted by Crippen LogP contribution is 2.16. The second-order valence-electron chi connectivity index (χ2n) is 3.87. The maximum Gasteiger partial charge on any atom is 0.122 e. The van der Waals surface area contributed by atoms with E-state index in [2.05, 4.69) is 34.5 Å². The van der Waals surface area contributed by atoms with Crippen molar-refractivity contribution in [1.29, 1.82) is 0 Å². The van der Waals surface area contributed by atoms with Gasteiger partial charge in [-0.25, -0.2) is 0 Å². The van der Waals surface area contributed by atoms with Crippen LogP contribution in [0.4, 0.5) is 11.4 Å². The van der Waals surface area contributed by atoms with E-state index in [1.807, 2.05) is 26.2 Å². The summed E-state index contributed by atoms with van der Waals surface area (Å²) >= 11 is 0. The molecule has 0 unspecified atom stereocenters. The van der Waals surface area contributed by atoms with Crippen LogP contribution in [0.5, 0.6) is 0 Å². The first-order valence-electron chi connectivity index (χ1n) is 5.29. The molecular formula is C13H16N2O. The van der Waals surface area contributed by atoms with E-state index in [0.717, 1.165) is 11.4 Å². The predicted molar refractivity (Wildman–Crippen MR) is 66.8 cm³/mol. The molecule has 1 aromatic carbocycles. The molecule has 0 saturated carbocycles. The molecule has 1 N–H and O–H groups in total. The quantitative estimate of drug-likeness (QED) is 0.851. The fraction of sp³-hybridized carbons (Fsp3) is 0.231. The third kappa shape index (κ3) is 2.57. The van der Waals surface area contributed by atoms with E-state index in [0.29, 0.717) is 6.54 Å². The topological polar surface area (TPSA) is 28.4 Å². The molecule has 0 fully saturated rings. The summed E-state index contributed by atoms with van der Waals surface area (Å²) in [4.78, 5) is 2.08. The molecule has 2 aromatic rings. The summed E-state index contributed by atoms with van der Waals surface area (Å²) in [6.45, 7) is 0.717. The number of hydrogen-bond acceptors (Lipinski definition) is 3. The molecule has 0 atom stereocenters. The fourth-order valence-corrected chi connectivity index (χ4v) is 1.48. The fourth-order valence-electron chi connectivity index (χ4n) is 1.48. The minimum absolute atomic E-state index is 0.717. The smallest absolute Gasteiger partial charge is 0.122 e. The molecule has 0 saturated heterocycles. The Morgan fingerprint density at radius 1 is 1.12 bits per heavy atom. The van der Waals surface area contributed by atoms with Crippen molar-refractivity contribution in [3.63, 3.8) is 0 Å². The van der Waals surface area contributed by atoms with E-state index in [9.17, 15) is 0 Å². The van der Waals surface area contributed by atoms with E-state index >= 15 is 0 Å². The first kappa shape index (κ1) is 10.6. The van der Waals surface area contributed by atoms with Gasteiger partial charge in [-0.05, 0) is 36.4 Å². The summed E-state index contributed by atoms with van der Waals surface area (Å²) in [5.74, 6) is 0.941. The molecule has 3 nitrogen and oxygen atoms in total. The standard InChI is InChI=1S/C13H16N2O/c1-15(2)12-7-5-11(6-8-12)14-10-13-4-3-9-16-13/h3-9,14H,10H2,1-2H3. The van der Waals surface area contributed by atoms with Crippen LogP contribution in [-0.4, -0.2) is 14.1 Å². The highest BCUT2D eigenvalue weighted by atomic mass is 16.3. The highest BCUT2D eigenvalue weighted by molar-refractivity contribution is 5.54. The van der Waals surface area contributed by atoms with Crippen molar-refractivity contribution in [1.82, 2.24) is 0 Å². The third-order valence-electron chi connectivity index (χ3n) is 2.43. The lowest BCUT2D eigenvalue weighted by molar-refractivity contribution is 0.518. The van der Waals surface area contributed by atoms with Crippen molar-refractivity contribution < 1.29 is 4.42 Å². The normalized spacial score (nSPS) is 10.1. The molecule has 84 valence electrons. The number of hydrogen-bond donors (Lipinski definition) is 1. The summed E-state index contributed by atoms with van der Waals surface area (Å²) in [5.41, 5.74) is 2.30. The Morgan fingerprint density at radius 2 is 1.88 bits per heavy atom. The summed E-state index contributed by atoms with van der Waals surface area (Å²) in [5, 5.41) is 3.30. The van der Waals surface area contributed by atoms with E-state index in [-0.39, 0.29) is 0 Å². The molecule has 0 amide bonds. The molecule has 0 radical (unpaired) electrons. The largest absolute Gasteiger partial charge is 0.467 e. The van der Waals surface area contributed by atoms with Crippen molar-refractivity contribution >= 4 is 11.4 Å². The Hall–Kier alpha value is -1.90. The number of nitrogens with zero attached hydrogens (tertiary/aromatic N) is 1. The average Bonchev–Trinajstić information content (AvgIpc) is 2.80. The van der Waals surface area contributed by atoms with E-state index < -0.39 is 0 Å². The van der Waals surface area contributed by atoms with Crippen LogP contribution in [0, 0.1) is 0 Å². The van der Waals surface area contributed by atoms with Crippen LogP contribution in [0.1, 0.15) is 5.76 Å². The van der Waals surface area contributed by atoms with Crippen molar-refractivity contribution in [3.8, 4) is 0 Å². The summed E-state index contributed by atoms with van der Waals surface area (Å²) in [7, 11) is 4.07. The minimum atomic E-state index is 0.717. The van der Waals surface area contributed by atoms with Gasteiger partial charge in [0.2, 0.25) is 0 Å². The van der Waals surface area contributed by atoms with E-state index in [4.69, 9.17) is 4.42 Å². The maximum absolute atomic E-state index is 5.25. The molecular weight excluding hydrogens is 200 g/mol. The molecule has 3 heteroatoms. The summed E-state index contributed by atoms with van der Waals surface area (Å²) < 4.78 is 5.25. The van der Waals surface area contributed by atoms with E-state index in [1.54, 1.807) is 6.26 Å². The van der Waals surface area contributed by atoms with Crippen LogP contribution >= 0.6 is 0 Å². The van der Waals surface area contributed by atoms with Gasteiger partial charge in [0.25, 0.3) is 0 Å². The number of benzene rings is 1. The maximum atomic E-state index is 5.25. The molecule has 1 heterocycles. The first-order chi connectivity index (χ1) is 7.75. The van der Waals surface area contributed by atoms with Crippen molar-refractivity contribution in [3.05, 3.63) is 48.4 Å². The van der Waals surface area contributed by atoms with Gasteiger partial charge in [0.05, 0.1) is 12.8 Å². The second kappa shape index (κ2) is 4.75. The Bertz CT molecular complexity index is 418. The highest BCUT2D eigenvalue weighted by Gasteiger charge is 1.97. The monoisotopic (exact) mass is 216 g/mol. The van der Waals surface area contributed by atoms with Gasteiger partial charge in [-0.2, -0.15) is 0 Å². The minimum Gasteiger partial charge on any atom is -0.467 e. The van der Waals surface area contributed by atoms with Gasteiger partial charge in [-0.3, -0.25) is 0 Å². The van der Waals surface area contributed by atoms with Gasteiger partial charge in [0, 0.05) is 25.5 Å². The van der Waals surface area contributed by atoms with Crippen molar-refractivity contribution in [2.75, 3.05) is 24.3 Å². The SMILES string of the molecule is CN(C)c1ccc(NCc2ccco2)cc1. The zero-order valence-corrected chi connectivity index (χ0v) is 9.60. The predicted octanol–water partition coefficient (Wildman–Crippen LogP) is 2.96. The van der Waals surface area contributed by atoms with Crippen LogP contribution in [0.2, 0.25) is 0 Å². The Kier molecular flexibility index (Phi) is 3.15. The van der Waals surface area contributed by atoms with Gasteiger partial charge < -0.3 is 14.6 Å². The van der Waals surface area contributed by atoms with Gasteiger partial charge in [-0.15, -0.1) is 0 Å². The Morgan fingerprint density at radius 3 is 2.44 bits per heavy atom. The molecule has 0 spiro atoms.